The summed E-state index contributed by atoms with van der Waals surface area (Å²) in [6.07, 6.45) is 0. The van der Waals surface area contributed by atoms with Gasteiger partial charge in [-0.15, -0.1) is 11.3 Å². The van der Waals surface area contributed by atoms with E-state index in [2.05, 4.69) is 0 Å². The summed E-state index contributed by atoms with van der Waals surface area (Å²) in [6, 6.07) is 8.51. The number of aromatic nitrogens is 2. The maximum Gasteiger partial charge on any atom is 0.332 e. The molecule has 1 aromatic carbocycles. The van der Waals surface area contributed by atoms with Gasteiger partial charge in [-0.2, -0.15) is 0 Å². The molecule has 2 aromatic heterocycles. The molecule has 0 bridgehead atoms. The van der Waals surface area contributed by atoms with Crippen molar-refractivity contribution in [1.29, 1.82) is 0 Å². The highest BCUT2D eigenvalue weighted by Gasteiger charge is 2.24. The molecule has 2 heterocycles. The minimum atomic E-state index is -0.590. The number of Topliss-reactive ketones (excluding diaryl/α,β-unsaturated/α-hetero) is 1. The van der Waals surface area contributed by atoms with Crippen LogP contribution in [0.3, 0.4) is 0 Å². The zero-order valence-electron chi connectivity index (χ0n) is 14.8. The van der Waals surface area contributed by atoms with Crippen LogP contribution in [-0.4, -0.2) is 14.9 Å². The summed E-state index contributed by atoms with van der Waals surface area (Å²) < 4.78 is 2.54. The fraction of sp³-hybridized carbons (Fsp3) is 0.316. The molecular weight excluding hydrogens is 372 g/mol. The molecule has 3 rings (SSSR count). The SMILES string of the molecule is CC(C)(C)C(=O)Cn1c(=O)n(Cc2cccs2)c(=O)c2cc(Cl)ccc21. The van der Waals surface area contributed by atoms with Crippen molar-refractivity contribution in [3.8, 4) is 0 Å². The van der Waals surface area contributed by atoms with Crippen molar-refractivity contribution in [1.82, 2.24) is 9.13 Å². The smallest absolute Gasteiger partial charge is 0.297 e. The zero-order chi connectivity index (χ0) is 19.1. The second-order valence-corrected chi connectivity index (χ2v) is 8.64. The Balaban J connectivity index is 2.26. The van der Waals surface area contributed by atoms with Gasteiger partial charge in [-0.25, -0.2) is 4.79 Å². The van der Waals surface area contributed by atoms with Gasteiger partial charge >= 0.3 is 5.69 Å². The zero-order valence-corrected chi connectivity index (χ0v) is 16.4. The van der Waals surface area contributed by atoms with E-state index in [-0.39, 0.29) is 18.9 Å². The Morgan fingerprint density at radius 1 is 1.15 bits per heavy atom. The summed E-state index contributed by atoms with van der Waals surface area (Å²) in [5.41, 5.74) is -1.06. The van der Waals surface area contributed by atoms with E-state index in [1.165, 1.54) is 20.5 Å². The predicted octanol–water partition coefficient (Wildman–Crippen LogP) is 3.54. The van der Waals surface area contributed by atoms with Crippen LogP contribution < -0.4 is 11.2 Å². The van der Waals surface area contributed by atoms with Crippen LogP contribution in [0.25, 0.3) is 10.9 Å². The Morgan fingerprint density at radius 2 is 1.88 bits per heavy atom. The van der Waals surface area contributed by atoms with Crippen LogP contribution in [0.5, 0.6) is 0 Å². The summed E-state index contributed by atoms with van der Waals surface area (Å²) in [4.78, 5) is 39.3. The Bertz CT molecular complexity index is 1090. The van der Waals surface area contributed by atoms with Crippen LogP contribution in [0.15, 0.2) is 45.3 Å². The molecule has 5 nitrogen and oxygen atoms in total. The van der Waals surface area contributed by atoms with Crippen molar-refractivity contribution in [2.45, 2.75) is 33.9 Å². The van der Waals surface area contributed by atoms with Gasteiger partial charge in [-0.1, -0.05) is 38.4 Å². The Hall–Kier alpha value is -2.18. The molecule has 0 fully saturated rings. The van der Waals surface area contributed by atoms with Gasteiger partial charge in [-0.3, -0.25) is 18.7 Å². The molecule has 0 saturated carbocycles. The third kappa shape index (κ3) is 3.52. The average Bonchev–Trinajstić information content (AvgIpc) is 3.07. The lowest BCUT2D eigenvalue weighted by Crippen LogP contribution is -2.42. The van der Waals surface area contributed by atoms with E-state index in [1.807, 2.05) is 17.5 Å². The molecule has 26 heavy (non-hydrogen) atoms. The van der Waals surface area contributed by atoms with Crippen molar-refractivity contribution in [3.63, 3.8) is 0 Å². The largest absolute Gasteiger partial charge is 0.332 e. The van der Waals surface area contributed by atoms with E-state index in [0.29, 0.717) is 15.9 Å². The monoisotopic (exact) mass is 390 g/mol. The van der Waals surface area contributed by atoms with Gasteiger partial charge in [0.15, 0.2) is 5.78 Å². The normalized spacial score (nSPS) is 11.8. The Kier molecular flexibility index (Phi) is 4.90. The molecule has 0 atom stereocenters. The molecule has 136 valence electrons. The first-order valence-corrected chi connectivity index (χ1v) is 9.43. The maximum atomic E-state index is 13.0. The van der Waals surface area contributed by atoms with Crippen LogP contribution >= 0.6 is 22.9 Å². The molecule has 0 N–H and O–H groups in total. The van der Waals surface area contributed by atoms with Gasteiger partial charge in [-0.05, 0) is 29.6 Å². The third-order valence-electron chi connectivity index (χ3n) is 4.22. The average molecular weight is 391 g/mol. The number of carbonyl (C=O) groups excluding carboxylic acids is 1. The number of fused-ring (bicyclic) bond motifs is 1. The highest BCUT2D eigenvalue weighted by molar-refractivity contribution is 7.09. The number of hydrogen-bond donors (Lipinski definition) is 0. The lowest BCUT2D eigenvalue weighted by Gasteiger charge is -2.19. The first-order valence-electron chi connectivity index (χ1n) is 8.17. The quantitative estimate of drug-likeness (QED) is 0.684. The fourth-order valence-electron chi connectivity index (χ4n) is 2.63. The number of halogens is 1. The number of ketones is 1. The summed E-state index contributed by atoms with van der Waals surface area (Å²) in [6.45, 7) is 5.50. The molecule has 0 aliphatic rings. The fourth-order valence-corrected chi connectivity index (χ4v) is 3.49. The molecule has 3 aromatic rings. The predicted molar refractivity (Wildman–Crippen MR) is 105 cm³/mol. The summed E-state index contributed by atoms with van der Waals surface area (Å²) in [5, 5.41) is 2.62. The van der Waals surface area contributed by atoms with Crippen LogP contribution in [0.4, 0.5) is 0 Å². The molecule has 0 aliphatic heterocycles. The number of rotatable bonds is 4. The van der Waals surface area contributed by atoms with E-state index in [0.717, 1.165) is 4.88 Å². The lowest BCUT2D eigenvalue weighted by atomic mass is 9.91. The van der Waals surface area contributed by atoms with E-state index in [1.54, 1.807) is 39.0 Å². The second-order valence-electron chi connectivity index (χ2n) is 7.17. The standard InChI is InChI=1S/C19H19ClN2O3S/c1-19(2,3)16(23)11-21-15-7-6-12(20)9-14(15)17(24)22(18(21)25)10-13-5-4-8-26-13/h4-9H,10-11H2,1-3H3. The van der Waals surface area contributed by atoms with Crippen LogP contribution in [0.1, 0.15) is 25.6 Å². The first-order chi connectivity index (χ1) is 12.2. The van der Waals surface area contributed by atoms with Crippen LogP contribution in [0.2, 0.25) is 5.02 Å². The highest BCUT2D eigenvalue weighted by Crippen LogP contribution is 2.19. The van der Waals surface area contributed by atoms with E-state index < -0.39 is 16.7 Å². The molecule has 7 heteroatoms. The molecule has 0 saturated heterocycles. The Labute approximate surface area is 159 Å². The van der Waals surface area contributed by atoms with Gasteiger partial charge in [0, 0.05) is 15.3 Å². The van der Waals surface area contributed by atoms with E-state index in [4.69, 9.17) is 11.6 Å². The lowest BCUT2D eigenvalue weighted by molar-refractivity contribution is -0.126. The minimum absolute atomic E-state index is 0.0860. The number of nitrogens with zero attached hydrogens (tertiary/aromatic N) is 2. The van der Waals surface area contributed by atoms with E-state index in [9.17, 15) is 14.4 Å². The highest BCUT2D eigenvalue weighted by atomic mass is 35.5. The number of thiophene rings is 1. The van der Waals surface area contributed by atoms with Crippen molar-refractivity contribution < 1.29 is 4.79 Å². The van der Waals surface area contributed by atoms with Crippen molar-refractivity contribution in [2.75, 3.05) is 0 Å². The molecule has 0 spiro atoms. The van der Waals surface area contributed by atoms with Crippen molar-refractivity contribution >= 4 is 39.6 Å². The summed E-state index contributed by atoms with van der Waals surface area (Å²) >= 11 is 7.52. The van der Waals surface area contributed by atoms with Crippen molar-refractivity contribution in [2.24, 2.45) is 5.41 Å². The topological polar surface area (TPSA) is 61.1 Å². The molecule has 0 amide bonds. The number of benzene rings is 1. The van der Waals surface area contributed by atoms with Crippen LogP contribution in [-0.2, 0) is 17.9 Å². The molecular formula is C19H19ClN2O3S. The minimum Gasteiger partial charge on any atom is -0.297 e. The van der Waals surface area contributed by atoms with Gasteiger partial charge in [0.25, 0.3) is 5.56 Å². The third-order valence-corrected chi connectivity index (χ3v) is 5.32. The van der Waals surface area contributed by atoms with Crippen LogP contribution in [0, 0.1) is 5.41 Å². The number of hydrogen-bond acceptors (Lipinski definition) is 4. The summed E-state index contributed by atoms with van der Waals surface area (Å²) in [7, 11) is 0. The van der Waals surface area contributed by atoms with Gasteiger partial charge in [0.05, 0.1) is 24.0 Å². The van der Waals surface area contributed by atoms with Crippen molar-refractivity contribution in [3.05, 3.63) is 66.4 Å². The van der Waals surface area contributed by atoms with Gasteiger partial charge in [0.1, 0.15) is 0 Å². The second kappa shape index (κ2) is 6.85. The van der Waals surface area contributed by atoms with Gasteiger partial charge in [0.2, 0.25) is 0 Å². The molecule has 0 aliphatic carbocycles. The number of carbonyl (C=O) groups is 1. The maximum absolute atomic E-state index is 13.0. The molecule has 0 unspecified atom stereocenters. The first kappa shape index (κ1) is 18.6. The molecule has 0 radical (unpaired) electrons. The van der Waals surface area contributed by atoms with Gasteiger partial charge < -0.3 is 0 Å². The Morgan fingerprint density at radius 3 is 2.50 bits per heavy atom. The summed E-state index contributed by atoms with van der Waals surface area (Å²) in [5.74, 6) is -0.0860. The van der Waals surface area contributed by atoms with E-state index >= 15 is 0 Å².